The molecule has 6 heteroatoms. The van der Waals surface area contributed by atoms with E-state index in [1.54, 1.807) is 0 Å². The van der Waals surface area contributed by atoms with E-state index in [-0.39, 0.29) is 11.8 Å². The molecular formula is C28H40N4O2. The second-order valence-electron chi connectivity index (χ2n) is 10.4. The predicted octanol–water partition coefficient (Wildman–Crippen LogP) is 5.16. The van der Waals surface area contributed by atoms with Gasteiger partial charge in [-0.05, 0) is 71.7 Å². The number of aromatic nitrogens is 1. The number of benzene rings is 1. The Bertz CT molecular complexity index is 1070. The van der Waals surface area contributed by atoms with Crippen LogP contribution in [0.3, 0.4) is 0 Å². The van der Waals surface area contributed by atoms with E-state index in [4.69, 9.17) is 0 Å². The van der Waals surface area contributed by atoms with Crippen molar-refractivity contribution in [1.29, 1.82) is 0 Å². The lowest BCUT2D eigenvalue weighted by molar-refractivity contribution is 0.0874. The number of carbonyl (C=O) groups is 2. The summed E-state index contributed by atoms with van der Waals surface area (Å²) >= 11 is 0. The largest absolute Gasteiger partial charge is 0.346 e. The average Bonchev–Trinajstić information content (AvgIpc) is 3.08. The van der Waals surface area contributed by atoms with E-state index >= 15 is 0 Å². The van der Waals surface area contributed by atoms with Crippen LogP contribution in [0.5, 0.6) is 0 Å². The normalized spacial score (nSPS) is 15.0. The summed E-state index contributed by atoms with van der Waals surface area (Å²) in [5, 5.41) is 3.19. The van der Waals surface area contributed by atoms with Crippen LogP contribution in [0.4, 0.5) is 4.79 Å². The highest BCUT2D eigenvalue weighted by Crippen LogP contribution is 2.24. The lowest BCUT2D eigenvalue weighted by Gasteiger charge is -2.37. The number of nitrogens with one attached hydrogen (secondary N) is 1. The van der Waals surface area contributed by atoms with Gasteiger partial charge in [0.1, 0.15) is 0 Å². The highest BCUT2D eigenvalue weighted by molar-refractivity contribution is 5.99. The Morgan fingerprint density at radius 1 is 1.09 bits per heavy atom. The molecule has 0 saturated carbocycles. The van der Waals surface area contributed by atoms with Crippen LogP contribution >= 0.6 is 0 Å². The number of ketones is 1. The van der Waals surface area contributed by atoms with E-state index in [2.05, 4.69) is 48.2 Å². The maximum atomic E-state index is 13.0. The van der Waals surface area contributed by atoms with Gasteiger partial charge in [-0.15, -0.1) is 0 Å². The molecule has 2 aromatic rings. The van der Waals surface area contributed by atoms with Crippen LogP contribution in [0.2, 0.25) is 0 Å². The van der Waals surface area contributed by atoms with Crippen LogP contribution in [0, 0.1) is 13.8 Å². The third kappa shape index (κ3) is 5.61. The van der Waals surface area contributed by atoms with Gasteiger partial charge < -0.3 is 14.8 Å². The van der Waals surface area contributed by atoms with Crippen molar-refractivity contribution in [3.8, 4) is 0 Å². The fourth-order valence-corrected chi connectivity index (χ4v) is 4.84. The summed E-state index contributed by atoms with van der Waals surface area (Å²) in [7, 11) is 0. The van der Waals surface area contributed by atoms with Crippen LogP contribution in [-0.4, -0.2) is 58.9 Å². The topological polar surface area (TPSA) is 57.6 Å². The zero-order valence-corrected chi connectivity index (χ0v) is 21.9. The van der Waals surface area contributed by atoms with Crippen molar-refractivity contribution in [3.63, 3.8) is 0 Å². The van der Waals surface area contributed by atoms with Gasteiger partial charge >= 0.3 is 6.03 Å². The Labute approximate surface area is 204 Å². The number of rotatable bonds is 7. The first kappa shape index (κ1) is 25.8. The lowest BCUT2D eigenvalue weighted by Crippen LogP contribution is -2.55. The minimum absolute atomic E-state index is 0.0721. The molecule has 1 saturated heterocycles. The number of urea groups is 1. The van der Waals surface area contributed by atoms with E-state index in [9.17, 15) is 9.59 Å². The van der Waals surface area contributed by atoms with Gasteiger partial charge in [-0.3, -0.25) is 9.69 Å². The first-order valence-electron chi connectivity index (χ1n) is 12.2. The Morgan fingerprint density at radius 2 is 1.74 bits per heavy atom. The molecule has 0 spiro atoms. The van der Waals surface area contributed by atoms with E-state index in [1.807, 2.05) is 56.9 Å². The van der Waals surface area contributed by atoms with Crippen molar-refractivity contribution >= 4 is 17.4 Å². The van der Waals surface area contributed by atoms with Gasteiger partial charge in [0.15, 0.2) is 5.78 Å². The van der Waals surface area contributed by atoms with E-state index in [0.717, 1.165) is 33.7 Å². The Kier molecular flexibility index (Phi) is 7.71. The number of nitrogens with zero attached hydrogens (tertiary/aromatic N) is 3. The standard InChI is InChI=1S/C28H40N4O2/c1-19(2)23-10-9-11-24(17-23)28(7,8)29-27(34)31-14-12-30(13-15-31)18-26(33)25-16-21(5)32(20(3)4)22(25)6/h9-11,16-17,20H,1,12-15,18H2,2-8H3,(H,29,34). The van der Waals surface area contributed by atoms with Gasteiger partial charge in [-0.25, -0.2) is 4.79 Å². The number of hydrogen-bond acceptors (Lipinski definition) is 3. The maximum Gasteiger partial charge on any atom is 0.318 e. The number of carbonyl (C=O) groups excluding carboxylic acids is 2. The molecule has 1 aromatic carbocycles. The zero-order valence-electron chi connectivity index (χ0n) is 21.9. The first-order chi connectivity index (χ1) is 15.9. The predicted molar refractivity (Wildman–Crippen MR) is 139 cm³/mol. The number of amides is 2. The molecule has 3 rings (SSSR count). The average molecular weight is 465 g/mol. The third-order valence-electron chi connectivity index (χ3n) is 6.82. The van der Waals surface area contributed by atoms with Gasteiger partial charge in [-0.1, -0.05) is 30.4 Å². The molecule has 6 nitrogen and oxygen atoms in total. The lowest BCUT2D eigenvalue weighted by atomic mass is 9.92. The van der Waals surface area contributed by atoms with Crippen molar-refractivity contribution in [2.24, 2.45) is 0 Å². The summed E-state index contributed by atoms with van der Waals surface area (Å²) in [5.74, 6) is 0.149. The van der Waals surface area contributed by atoms with Gasteiger partial charge in [0, 0.05) is 49.2 Å². The summed E-state index contributed by atoms with van der Waals surface area (Å²) in [6.07, 6.45) is 0. The molecule has 1 aliphatic rings. The molecule has 0 unspecified atom stereocenters. The summed E-state index contributed by atoms with van der Waals surface area (Å²) in [4.78, 5) is 30.0. The summed E-state index contributed by atoms with van der Waals surface area (Å²) in [6, 6.07) is 10.4. The molecule has 1 aromatic heterocycles. The molecule has 1 N–H and O–H groups in total. The number of Topliss-reactive ketones (excluding diaryl/α,β-unsaturated/α-hetero) is 1. The monoisotopic (exact) mass is 464 g/mol. The molecule has 0 aliphatic carbocycles. The number of aryl methyl sites for hydroxylation is 1. The van der Waals surface area contributed by atoms with Gasteiger partial charge in [-0.2, -0.15) is 0 Å². The smallest absolute Gasteiger partial charge is 0.318 e. The molecule has 34 heavy (non-hydrogen) atoms. The SMILES string of the molecule is C=C(C)c1cccc(C(C)(C)NC(=O)N2CCN(CC(=O)c3cc(C)n(C(C)C)c3C)CC2)c1. The van der Waals surface area contributed by atoms with Crippen LogP contribution in [-0.2, 0) is 5.54 Å². The van der Waals surface area contributed by atoms with Crippen LogP contribution in [0.15, 0.2) is 36.9 Å². The molecule has 1 fully saturated rings. The molecule has 0 bridgehead atoms. The van der Waals surface area contributed by atoms with E-state index in [1.165, 1.54) is 0 Å². The molecule has 2 amide bonds. The summed E-state index contributed by atoms with van der Waals surface area (Å²) in [5.41, 5.74) is 5.58. The second kappa shape index (κ2) is 10.2. The van der Waals surface area contributed by atoms with Crippen LogP contribution < -0.4 is 5.32 Å². The molecule has 0 radical (unpaired) electrons. The van der Waals surface area contributed by atoms with Gasteiger partial charge in [0.05, 0.1) is 12.1 Å². The number of hydrogen-bond donors (Lipinski definition) is 1. The summed E-state index contributed by atoms with van der Waals surface area (Å²) < 4.78 is 2.21. The molecule has 2 heterocycles. The first-order valence-corrected chi connectivity index (χ1v) is 12.2. The van der Waals surface area contributed by atoms with Crippen molar-refractivity contribution in [1.82, 2.24) is 19.7 Å². The fourth-order valence-electron chi connectivity index (χ4n) is 4.84. The van der Waals surface area contributed by atoms with Crippen LogP contribution in [0.25, 0.3) is 5.57 Å². The third-order valence-corrected chi connectivity index (χ3v) is 6.82. The number of piperazine rings is 1. The van der Waals surface area contributed by atoms with Crippen LogP contribution in [0.1, 0.15) is 73.5 Å². The van der Waals surface area contributed by atoms with Crippen molar-refractivity contribution in [2.45, 2.75) is 60.0 Å². The van der Waals surface area contributed by atoms with Crippen molar-refractivity contribution in [3.05, 3.63) is 65.0 Å². The van der Waals surface area contributed by atoms with Crippen molar-refractivity contribution < 1.29 is 9.59 Å². The highest BCUT2D eigenvalue weighted by atomic mass is 16.2. The maximum absolute atomic E-state index is 13.0. The summed E-state index contributed by atoms with van der Waals surface area (Å²) in [6.45, 7) is 21.4. The molecular weight excluding hydrogens is 424 g/mol. The van der Waals surface area contributed by atoms with E-state index in [0.29, 0.717) is 38.8 Å². The molecule has 1 aliphatic heterocycles. The Hall–Kier alpha value is -2.86. The molecule has 0 atom stereocenters. The Morgan fingerprint density at radius 3 is 2.29 bits per heavy atom. The Balaban J connectivity index is 1.57. The van der Waals surface area contributed by atoms with Crippen molar-refractivity contribution in [2.75, 3.05) is 32.7 Å². The number of allylic oxidation sites excluding steroid dienone is 1. The van der Waals surface area contributed by atoms with Gasteiger partial charge in [0.2, 0.25) is 0 Å². The zero-order chi connectivity index (χ0) is 25.2. The second-order valence-corrected chi connectivity index (χ2v) is 10.4. The quantitative estimate of drug-likeness (QED) is 0.576. The molecule has 184 valence electrons. The van der Waals surface area contributed by atoms with E-state index < -0.39 is 5.54 Å². The van der Waals surface area contributed by atoms with Gasteiger partial charge in [0.25, 0.3) is 0 Å². The fraction of sp³-hybridized carbons (Fsp3) is 0.500. The minimum Gasteiger partial charge on any atom is -0.346 e. The highest BCUT2D eigenvalue weighted by Gasteiger charge is 2.29. The minimum atomic E-state index is -0.505.